The van der Waals surface area contributed by atoms with Crippen molar-refractivity contribution in [2.24, 2.45) is 7.05 Å². The van der Waals surface area contributed by atoms with Gasteiger partial charge in [-0.15, -0.1) is 0 Å². The first kappa shape index (κ1) is 11.0. The second-order valence-corrected chi connectivity index (χ2v) is 2.77. The van der Waals surface area contributed by atoms with Gasteiger partial charge in [-0.05, 0) is 0 Å². The van der Waals surface area contributed by atoms with Gasteiger partial charge in [0, 0.05) is 22.5 Å². The summed E-state index contributed by atoms with van der Waals surface area (Å²) in [6.07, 6.45) is 4.00. The van der Waals surface area contributed by atoms with Crippen molar-refractivity contribution in [2.45, 2.75) is 0 Å². The molecule has 0 unspecified atom stereocenters. The first-order valence-corrected chi connectivity index (χ1v) is 4.30. The zero-order chi connectivity index (χ0) is 9.61. The number of pyridine rings is 1. The van der Waals surface area contributed by atoms with Gasteiger partial charge in [0.1, 0.15) is 7.05 Å². The molecular weight excluding hydrogens is 182 g/mol. The fourth-order valence-electron chi connectivity index (χ4n) is 0.485. The van der Waals surface area contributed by atoms with Gasteiger partial charge in [0.2, 0.25) is 0 Å². The molecule has 0 saturated heterocycles. The van der Waals surface area contributed by atoms with E-state index in [1.807, 2.05) is 42.2 Å². The van der Waals surface area contributed by atoms with Gasteiger partial charge in [0.05, 0.1) is 0 Å². The van der Waals surface area contributed by atoms with Crippen LogP contribution in [0, 0.1) is 0 Å². The third kappa shape index (κ3) is 11.8. The number of hydrogen-bond acceptors (Lipinski definition) is 4. The summed E-state index contributed by atoms with van der Waals surface area (Å²) >= 11 is 0. The van der Waals surface area contributed by atoms with Crippen molar-refractivity contribution in [3.8, 4) is 0 Å². The lowest BCUT2D eigenvalue weighted by molar-refractivity contribution is -0.671. The van der Waals surface area contributed by atoms with Crippen molar-refractivity contribution in [3.63, 3.8) is 0 Å². The van der Waals surface area contributed by atoms with Crippen LogP contribution in [0.4, 0.5) is 0 Å². The van der Waals surface area contributed by atoms with Crippen molar-refractivity contribution in [2.75, 3.05) is 0 Å². The molecule has 0 saturated carbocycles. The van der Waals surface area contributed by atoms with Crippen LogP contribution < -0.4 is 4.57 Å². The fourth-order valence-corrected chi connectivity index (χ4v) is 0.485. The molecule has 0 aliphatic heterocycles. The minimum absolute atomic E-state index is 0. The summed E-state index contributed by atoms with van der Waals surface area (Å²) in [5, 5.41) is 0. The molecule has 0 aliphatic carbocycles. The number of nitrogens with zero attached hydrogens (tertiary/aromatic N) is 1. The van der Waals surface area contributed by atoms with E-state index in [0.717, 1.165) is 0 Å². The fraction of sp³-hybridized carbons (Fsp3) is 0.167. The van der Waals surface area contributed by atoms with Gasteiger partial charge in [0.25, 0.3) is 0 Å². The van der Waals surface area contributed by atoms with Gasteiger partial charge in [-0.2, -0.15) is 0 Å². The smallest absolute Gasteiger partial charge is 0.759 e. The minimum atomic E-state index is -5.17. The van der Waals surface area contributed by atoms with Crippen molar-refractivity contribution in [3.05, 3.63) is 30.6 Å². The predicted molar refractivity (Wildman–Crippen MR) is 39.2 cm³/mol. The van der Waals surface area contributed by atoms with Gasteiger partial charge in [-0.1, -0.05) is 6.07 Å². The number of aryl methyl sites for hydroxylation is 1. The number of aromatic nitrogens is 1. The lowest BCUT2D eigenvalue weighted by Gasteiger charge is -2.06. The summed E-state index contributed by atoms with van der Waals surface area (Å²) in [6, 6.07) is 6.00. The third-order valence-corrected chi connectivity index (χ3v) is 0.865. The first-order chi connectivity index (χ1) is 5.39. The average Bonchev–Trinajstić information content (AvgIpc) is 1.85. The molecule has 1 aromatic heterocycles. The van der Waals surface area contributed by atoms with E-state index in [4.69, 9.17) is 17.5 Å². The van der Waals surface area contributed by atoms with Crippen LogP contribution in [0.15, 0.2) is 30.6 Å². The zero-order valence-electron chi connectivity index (χ0n) is 7.38. The quantitative estimate of drug-likeness (QED) is 0.308. The SMILES string of the molecule is C[n+]1ccccc1.O=S(=O)([O-])[O-].[H+]. The van der Waals surface area contributed by atoms with Crippen LogP contribution in [0.5, 0.6) is 0 Å². The maximum absolute atomic E-state index is 8.52. The lowest BCUT2D eigenvalue weighted by atomic mass is 10.5. The molecule has 0 bridgehead atoms. The van der Waals surface area contributed by atoms with Crippen molar-refractivity contribution >= 4 is 10.4 Å². The molecule has 0 aromatic carbocycles. The Kier molecular flexibility index (Phi) is 4.42. The molecule has 68 valence electrons. The highest BCUT2D eigenvalue weighted by Crippen LogP contribution is 1.71. The third-order valence-electron chi connectivity index (χ3n) is 0.865. The van der Waals surface area contributed by atoms with Crippen molar-refractivity contribution < 1.29 is 23.5 Å². The Labute approximate surface area is 72.3 Å². The summed E-state index contributed by atoms with van der Waals surface area (Å²) in [6.45, 7) is 0. The van der Waals surface area contributed by atoms with E-state index in [-0.39, 0.29) is 1.43 Å². The molecule has 12 heavy (non-hydrogen) atoms. The zero-order valence-corrected chi connectivity index (χ0v) is 7.19. The van der Waals surface area contributed by atoms with E-state index in [9.17, 15) is 0 Å². The molecule has 1 heterocycles. The number of hydrogen-bond donors (Lipinski definition) is 0. The molecule has 0 spiro atoms. The molecular formula is C6H9NO4S. The highest BCUT2D eigenvalue weighted by molar-refractivity contribution is 7.79. The Morgan fingerprint density at radius 2 is 1.50 bits per heavy atom. The summed E-state index contributed by atoms with van der Waals surface area (Å²) < 4.78 is 36.1. The van der Waals surface area contributed by atoms with Gasteiger partial charge < -0.3 is 9.11 Å². The molecule has 5 nitrogen and oxygen atoms in total. The monoisotopic (exact) mass is 191 g/mol. The Morgan fingerprint density at radius 3 is 1.67 bits per heavy atom. The molecule has 0 radical (unpaired) electrons. The van der Waals surface area contributed by atoms with Crippen LogP contribution in [-0.2, 0) is 17.4 Å². The second-order valence-electron chi connectivity index (χ2n) is 1.95. The van der Waals surface area contributed by atoms with Gasteiger partial charge in [0.15, 0.2) is 12.4 Å². The highest BCUT2D eigenvalue weighted by atomic mass is 32.3. The lowest BCUT2D eigenvalue weighted by Crippen LogP contribution is -2.25. The summed E-state index contributed by atoms with van der Waals surface area (Å²) in [5.74, 6) is 0. The summed E-state index contributed by atoms with van der Waals surface area (Å²) in [4.78, 5) is 0. The molecule has 0 N–H and O–H groups in total. The topological polar surface area (TPSA) is 84.1 Å². The maximum Gasteiger partial charge on any atom is 1.00 e. The summed E-state index contributed by atoms with van der Waals surface area (Å²) in [5.41, 5.74) is 0. The Morgan fingerprint density at radius 1 is 1.17 bits per heavy atom. The van der Waals surface area contributed by atoms with Crippen molar-refractivity contribution in [1.29, 1.82) is 0 Å². The van der Waals surface area contributed by atoms with E-state index < -0.39 is 10.4 Å². The maximum atomic E-state index is 8.52. The van der Waals surface area contributed by atoms with Crippen LogP contribution >= 0.6 is 0 Å². The van der Waals surface area contributed by atoms with Crippen LogP contribution in [0.1, 0.15) is 1.43 Å². The van der Waals surface area contributed by atoms with Gasteiger partial charge in [-0.3, -0.25) is 8.42 Å². The molecule has 0 fully saturated rings. The second kappa shape index (κ2) is 4.81. The first-order valence-electron chi connectivity index (χ1n) is 2.96. The van der Waals surface area contributed by atoms with E-state index in [0.29, 0.717) is 0 Å². The average molecular weight is 191 g/mol. The number of rotatable bonds is 0. The van der Waals surface area contributed by atoms with E-state index in [1.165, 1.54) is 0 Å². The largest absolute Gasteiger partial charge is 1.00 e. The Balaban J connectivity index is 0. The van der Waals surface area contributed by atoms with Crippen LogP contribution in [0.2, 0.25) is 0 Å². The van der Waals surface area contributed by atoms with E-state index in [1.54, 1.807) is 0 Å². The normalized spacial score (nSPS) is 9.92. The van der Waals surface area contributed by atoms with Crippen LogP contribution in [0.3, 0.4) is 0 Å². The molecule has 1 aromatic rings. The molecule has 1 rings (SSSR count). The Bertz CT molecular complexity index is 305. The molecule has 0 aliphatic rings. The molecule has 0 atom stereocenters. The van der Waals surface area contributed by atoms with E-state index >= 15 is 0 Å². The minimum Gasteiger partial charge on any atom is -0.759 e. The molecule has 6 heteroatoms. The highest BCUT2D eigenvalue weighted by Gasteiger charge is 1.78. The molecule has 0 amide bonds. The van der Waals surface area contributed by atoms with Gasteiger partial charge >= 0.3 is 1.43 Å². The standard InChI is InChI=1S/C6H8N.H2O4S/c1-7-5-3-2-4-6-7;1-5(2,3)4/h2-6H,1H3;(H2,1,2,3,4)/q+1;/p-1. The van der Waals surface area contributed by atoms with Crippen LogP contribution in [-0.4, -0.2) is 17.5 Å². The summed E-state index contributed by atoms with van der Waals surface area (Å²) in [7, 11) is -3.17. The van der Waals surface area contributed by atoms with Crippen molar-refractivity contribution in [1.82, 2.24) is 0 Å². The Hall–Kier alpha value is -0.980. The predicted octanol–water partition coefficient (Wildman–Crippen LogP) is -0.714. The van der Waals surface area contributed by atoms with Crippen LogP contribution in [0.25, 0.3) is 0 Å². The van der Waals surface area contributed by atoms with E-state index in [2.05, 4.69) is 0 Å². The van der Waals surface area contributed by atoms with Gasteiger partial charge in [-0.25, -0.2) is 4.57 Å².